The lowest BCUT2D eigenvalue weighted by atomic mass is 10.1. The Kier molecular flexibility index (Phi) is 10.8. The second kappa shape index (κ2) is 14.6. The highest BCUT2D eigenvalue weighted by Gasteiger charge is 2.14. The molecule has 0 aliphatic rings. The fourth-order valence-electron chi connectivity index (χ4n) is 3.90. The lowest BCUT2D eigenvalue weighted by molar-refractivity contribution is -0.114. The first-order valence-corrected chi connectivity index (χ1v) is 12.8. The van der Waals surface area contributed by atoms with Crippen LogP contribution >= 0.6 is 0 Å². The highest BCUT2D eigenvalue weighted by Crippen LogP contribution is 2.17. The molecule has 3 aromatic rings. The minimum atomic E-state index is -0.158. The van der Waals surface area contributed by atoms with E-state index in [9.17, 15) is 9.59 Å². The molecule has 3 aromatic carbocycles. The van der Waals surface area contributed by atoms with Crippen molar-refractivity contribution in [3.63, 3.8) is 0 Å². The van der Waals surface area contributed by atoms with Gasteiger partial charge in [0.05, 0.1) is 13.2 Å². The maximum atomic E-state index is 12.7. The summed E-state index contributed by atoms with van der Waals surface area (Å²) in [5.74, 6) is 0.680. The number of rotatable bonds is 14. The number of hydrogen-bond acceptors (Lipinski definition) is 4. The van der Waals surface area contributed by atoms with Crippen molar-refractivity contribution in [2.24, 2.45) is 0 Å². The molecular formula is C30H37N3O3. The smallest absolute Gasteiger partial charge is 0.253 e. The Labute approximate surface area is 214 Å². The number of hydrogen-bond donors (Lipinski definition) is 2. The van der Waals surface area contributed by atoms with Crippen molar-refractivity contribution in [1.29, 1.82) is 0 Å². The van der Waals surface area contributed by atoms with E-state index < -0.39 is 0 Å². The predicted octanol–water partition coefficient (Wildman–Crippen LogP) is 6.01. The van der Waals surface area contributed by atoms with Crippen molar-refractivity contribution in [3.05, 3.63) is 90.0 Å². The van der Waals surface area contributed by atoms with Gasteiger partial charge in [-0.15, -0.1) is 0 Å². The molecule has 0 bridgehead atoms. The first-order chi connectivity index (χ1) is 17.6. The lowest BCUT2D eigenvalue weighted by Gasteiger charge is -2.21. The standard InChI is InChI=1S/C30H37N3O3/c1-3-20-33(21-4-2)30(35)25-12-14-27(15-13-25)32-29(34)23-31-26-16-18-28(19-17-26)36-22-8-11-24-9-6-5-7-10-24/h5-7,9-10,12-19,31H,3-4,8,11,20-23H2,1-2H3,(H,32,34). The summed E-state index contributed by atoms with van der Waals surface area (Å²) in [4.78, 5) is 26.9. The van der Waals surface area contributed by atoms with Crippen LogP contribution in [0.15, 0.2) is 78.9 Å². The molecule has 0 aromatic heterocycles. The number of anilines is 2. The highest BCUT2D eigenvalue weighted by atomic mass is 16.5. The van der Waals surface area contributed by atoms with E-state index in [1.165, 1.54) is 5.56 Å². The van der Waals surface area contributed by atoms with Gasteiger partial charge in [-0.3, -0.25) is 9.59 Å². The van der Waals surface area contributed by atoms with E-state index in [0.717, 1.165) is 50.2 Å². The van der Waals surface area contributed by atoms with Crippen molar-refractivity contribution in [2.75, 3.05) is 36.9 Å². The van der Waals surface area contributed by atoms with Crippen LogP contribution in [0.3, 0.4) is 0 Å². The molecule has 0 saturated carbocycles. The van der Waals surface area contributed by atoms with Crippen molar-refractivity contribution in [1.82, 2.24) is 4.90 Å². The van der Waals surface area contributed by atoms with Crippen LogP contribution in [0.1, 0.15) is 49.0 Å². The van der Waals surface area contributed by atoms with Gasteiger partial charge in [0.25, 0.3) is 5.91 Å². The number of aryl methyl sites for hydroxylation is 1. The Bertz CT molecular complexity index is 1060. The number of carbonyl (C=O) groups is 2. The fraction of sp³-hybridized carbons (Fsp3) is 0.333. The quantitative estimate of drug-likeness (QED) is 0.273. The summed E-state index contributed by atoms with van der Waals surface area (Å²) in [6.45, 7) is 6.43. The van der Waals surface area contributed by atoms with Crippen molar-refractivity contribution in [3.8, 4) is 5.75 Å². The Balaban J connectivity index is 1.39. The number of benzene rings is 3. The summed E-state index contributed by atoms with van der Waals surface area (Å²) in [5, 5.41) is 5.99. The monoisotopic (exact) mass is 487 g/mol. The average molecular weight is 488 g/mol. The van der Waals surface area contributed by atoms with E-state index >= 15 is 0 Å². The third kappa shape index (κ3) is 8.77. The summed E-state index contributed by atoms with van der Waals surface area (Å²) in [5.41, 5.74) is 3.45. The van der Waals surface area contributed by atoms with Gasteiger partial charge in [-0.1, -0.05) is 44.2 Å². The van der Waals surface area contributed by atoms with E-state index in [2.05, 4.69) is 48.7 Å². The maximum absolute atomic E-state index is 12.7. The van der Waals surface area contributed by atoms with Crippen molar-refractivity contribution < 1.29 is 14.3 Å². The highest BCUT2D eigenvalue weighted by molar-refractivity contribution is 5.96. The van der Waals surface area contributed by atoms with Crippen LogP contribution in [-0.4, -0.2) is 43.0 Å². The molecule has 0 saturated heterocycles. The van der Waals surface area contributed by atoms with E-state index in [1.807, 2.05) is 35.2 Å². The van der Waals surface area contributed by atoms with Crippen LogP contribution in [0, 0.1) is 0 Å². The van der Waals surface area contributed by atoms with Gasteiger partial charge in [0, 0.05) is 30.0 Å². The molecule has 6 heteroatoms. The van der Waals surface area contributed by atoms with Crippen LogP contribution in [0.4, 0.5) is 11.4 Å². The van der Waals surface area contributed by atoms with Gasteiger partial charge in [-0.05, 0) is 79.8 Å². The van der Waals surface area contributed by atoms with Crippen molar-refractivity contribution in [2.45, 2.75) is 39.5 Å². The molecule has 190 valence electrons. The molecule has 0 aliphatic heterocycles. The summed E-state index contributed by atoms with van der Waals surface area (Å²) in [6.07, 6.45) is 3.80. The molecule has 0 radical (unpaired) electrons. The largest absolute Gasteiger partial charge is 0.494 e. The maximum Gasteiger partial charge on any atom is 0.253 e. The first kappa shape index (κ1) is 26.8. The molecule has 0 spiro atoms. The summed E-state index contributed by atoms with van der Waals surface area (Å²) in [6, 6.07) is 25.1. The number of carbonyl (C=O) groups excluding carboxylic acids is 2. The number of ether oxygens (including phenoxy) is 1. The number of nitrogens with zero attached hydrogens (tertiary/aromatic N) is 1. The third-order valence-corrected chi connectivity index (χ3v) is 5.72. The molecule has 0 aliphatic carbocycles. The van der Waals surface area contributed by atoms with Crippen LogP contribution in [0.5, 0.6) is 5.75 Å². The van der Waals surface area contributed by atoms with Crippen molar-refractivity contribution >= 4 is 23.2 Å². The van der Waals surface area contributed by atoms with E-state index in [1.54, 1.807) is 24.3 Å². The molecule has 0 unspecified atom stereocenters. The van der Waals surface area contributed by atoms with Crippen LogP contribution < -0.4 is 15.4 Å². The first-order valence-electron chi connectivity index (χ1n) is 12.8. The Morgan fingerprint density at radius 3 is 2.08 bits per heavy atom. The SMILES string of the molecule is CCCN(CCC)C(=O)c1ccc(NC(=O)CNc2ccc(OCCCc3ccccc3)cc2)cc1. The summed E-state index contributed by atoms with van der Waals surface area (Å²) < 4.78 is 5.82. The molecule has 3 rings (SSSR count). The number of nitrogens with one attached hydrogen (secondary N) is 2. The van der Waals surface area contributed by atoms with Crippen LogP contribution in [0.25, 0.3) is 0 Å². The lowest BCUT2D eigenvalue weighted by Crippen LogP contribution is -2.32. The van der Waals surface area contributed by atoms with E-state index in [-0.39, 0.29) is 18.4 Å². The molecule has 0 heterocycles. The second-order valence-electron chi connectivity index (χ2n) is 8.73. The van der Waals surface area contributed by atoms with Gasteiger partial charge in [-0.25, -0.2) is 0 Å². The van der Waals surface area contributed by atoms with Gasteiger partial charge in [0.15, 0.2) is 0 Å². The third-order valence-electron chi connectivity index (χ3n) is 5.72. The average Bonchev–Trinajstić information content (AvgIpc) is 2.91. The summed E-state index contributed by atoms with van der Waals surface area (Å²) >= 11 is 0. The molecule has 0 atom stereocenters. The predicted molar refractivity (Wildman–Crippen MR) is 147 cm³/mol. The van der Waals surface area contributed by atoms with Gasteiger partial charge in [-0.2, -0.15) is 0 Å². The van der Waals surface area contributed by atoms with Gasteiger partial charge < -0.3 is 20.3 Å². The molecular weight excluding hydrogens is 450 g/mol. The zero-order valence-corrected chi connectivity index (χ0v) is 21.3. The Morgan fingerprint density at radius 2 is 1.44 bits per heavy atom. The zero-order chi connectivity index (χ0) is 25.6. The Hall–Kier alpha value is -3.80. The Morgan fingerprint density at radius 1 is 0.806 bits per heavy atom. The van der Waals surface area contributed by atoms with Gasteiger partial charge in [0.1, 0.15) is 5.75 Å². The summed E-state index contributed by atoms with van der Waals surface area (Å²) in [7, 11) is 0. The minimum Gasteiger partial charge on any atom is -0.494 e. The zero-order valence-electron chi connectivity index (χ0n) is 21.3. The normalized spacial score (nSPS) is 10.5. The molecule has 6 nitrogen and oxygen atoms in total. The molecule has 2 N–H and O–H groups in total. The molecule has 2 amide bonds. The number of amides is 2. The van der Waals surface area contributed by atoms with Gasteiger partial charge >= 0.3 is 0 Å². The molecule has 0 fully saturated rings. The van der Waals surface area contributed by atoms with Gasteiger partial charge in [0.2, 0.25) is 5.91 Å². The van der Waals surface area contributed by atoms with E-state index in [0.29, 0.717) is 17.9 Å². The minimum absolute atomic E-state index is 0.0295. The van der Waals surface area contributed by atoms with Crippen LogP contribution in [-0.2, 0) is 11.2 Å². The second-order valence-corrected chi connectivity index (χ2v) is 8.73. The van der Waals surface area contributed by atoms with Crippen LogP contribution in [0.2, 0.25) is 0 Å². The molecule has 36 heavy (non-hydrogen) atoms. The van der Waals surface area contributed by atoms with E-state index in [4.69, 9.17) is 4.74 Å². The fourth-order valence-corrected chi connectivity index (χ4v) is 3.90. The topological polar surface area (TPSA) is 70.7 Å².